The largest absolute Gasteiger partial charge is 0.305 e. The van der Waals surface area contributed by atoms with Gasteiger partial charge in [-0.2, -0.15) is 0 Å². The van der Waals surface area contributed by atoms with Crippen molar-refractivity contribution < 1.29 is 0 Å². The van der Waals surface area contributed by atoms with E-state index in [-0.39, 0.29) is 0 Å². The van der Waals surface area contributed by atoms with Crippen molar-refractivity contribution in [3.63, 3.8) is 0 Å². The number of likely N-dealkylation sites (N-methyl/N-ethyl adjacent to an activating group) is 1. The second kappa shape index (κ2) is 5.17. The molecule has 1 saturated carbocycles. The fraction of sp³-hybridized carbons (Fsp3) is 0.733. The molecule has 4 heteroatoms. The molecule has 2 aliphatic rings. The highest BCUT2D eigenvalue weighted by Gasteiger charge is 2.43. The van der Waals surface area contributed by atoms with E-state index in [4.69, 9.17) is 0 Å². The van der Waals surface area contributed by atoms with Crippen molar-refractivity contribution in [1.29, 1.82) is 0 Å². The standard InChI is InChI=1S/C15H24N4/c1-11-6-17-13(7-16-11)8-19-9-14(12-4-5-12)15(10-19)18(2)3/h6-7,12,14-15H,4-5,8-10H2,1-3H3/t14-,15+/m1/s1. The van der Waals surface area contributed by atoms with Gasteiger partial charge in [0.1, 0.15) is 0 Å². The van der Waals surface area contributed by atoms with E-state index in [0.29, 0.717) is 6.04 Å². The molecule has 0 spiro atoms. The van der Waals surface area contributed by atoms with Crippen LogP contribution in [0.5, 0.6) is 0 Å². The summed E-state index contributed by atoms with van der Waals surface area (Å²) in [4.78, 5) is 13.8. The fourth-order valence-corrected chi connectivity index (χ4v) is 3.29. The molecular weight excluding hydrogens is 236 g/mol. The summed E-state index contributed by atoms with van der Waals surface area (Å²) < 4.78 is 0. The Bertz CT molecular complexity index is 414. The topological polar surface area (TPSA) is 32.3 Å². The van der Waals surface area contributed by atoms with E-state index in [1.807, 2.05) is 19.3 Å². The van der Waals surface area contributed by atoms with Crippen LogP contribution in [-0.2, 0) is 6.54 Å². The summed E-state index contributed by atoms with van der Waals surface area (Å²) in [7, 11) is 4.43. The van der Waals surface area contributed by atoms with Crippen LogP contribution in [0, 0.1) is 18.8 Å². The number of aryl methyl sites for hydroxylation is 1. The van der Waals surface area contributed by atoms with E-state index in [2.05, 4.69) is 33.9 Å². The van der Waals surface area contributed by atoms with Crippen LogP contribution in [0.15, 0.2) is 12.4 Å². The zero-order valence-corrected chi connectivity index (χ0v) is 12.2. The van der Waals surface area contributed by atoms with Crippen LogP contribution in [0.25, 0.3) is 0 Å². The molecule has 0 unspecified atom stereocenters. The summed E-state index contributed by atoms with van der Waals surface area (Å²) in [5, 5.41) is 0. The molecule has 3 rings (SSSR count). The molecule has 104 valence electrons. The molecule has 19 heavy (non-hydrogen) atoms. The number of rotatable bonds is 4. The number of likely N-dealkylation sites (tertiary alicyclic amines) is 1. The lowest BCUT2D eigenvalue weighted by Crippen LogP contribution is -2.36. The van der Waals surface area contributed by atoms with Crippen LogP contribution < -0.4 is 0 Å². The maximum Gasteiger partial charge on any atom is 0.0727 e. The summed E-state index contributed by atoms with van der Waals surface area (Å²) in [6, 6.07) is 0.714. The van der Waals surface area contributed by atoms with Crippen LogP contribution >= 0.6 is 0 Å². The van der Waals surface area contributed by atoms with Gasteiger partial charge in [0, 0.05) is 38.1 Å². The first-order valence-electron chi connectivity index (χ1n) is 7.30. The number of hydrogen-bond donors (Lipinski definition) is 0. The SMILES string of the molecule is Cc1cnc(CN2C[C@H](C3CC3)[C@@H](N(C)C)C2)cn1. The Kier molecular flexibility index (Phi) is 3.54. The molecule has 1 aromatic heterocycles. The predicted octanol–water partition coefficient (Wildman–Crippen LogP) is 1.56. The molecule has 1 aromatic rings. The molecular formula is C15H24N4. The summed E-state index contributed by atoms with van der Waals surface area (Å²) in [6.07, 6.45) is 6.66. The Morgan fingerprint density at radius 2 is 2.00 bits per heavy atom. The molecule has 1 aliphatic heterocycles. The minimum absolute atomic E-state index is 0.714. The van der Waals surface area contributed by atoms with Gasteiger partial charge >= 0.3 is 0 Å². The first-order chi connectivity index (χ1) is 9.13. The Balaban J connectivity index is 1.64. The molecule has 2 fully saturated rings. The van der Waals surface area contributed by atoms with E-state index in [0.717, 1.165) is 29.8 Å². The van der Waals surface area contributed by atoms with E-state index in [1.54, 1.807) is 0 Å². The molecule has 2 heterocycles. The maximum absolute atomic E-state index is 4.48. The molecule has 0 aromatic carbocycles. The number of aromatic nitrogens is 2. The number of hydrogen-bond acceptors (Lipinski definition) is 4. The Morgan fingerprint density at radius 1 is 1.21 bits per heavy atom. The van der Waals surface area contributed by atoms with Crippen molar-refractivity contribution >= 4 is 0 Å². The van der Waals surface area contributed by atoms with Crippen molar-refractivity contribution in [3.05, 3.63) is 23.8 Å². The lowest BCUT2D eigenvalue weighted by molar-refractivity contribution is 0.233. The molecule has 0 N–H and O–H groups in total. The quantitative estimate of drug-likeness (QED) is 0.822. The third-order valence-electron chi connectivity index (χ3n) is 4.52. The van der Waals surface area contributed by atoms with Gasteiger partial charge < -0.3 is 4.90 Å². The van der Waals surface area contributed by atoms with Gasteiger partial charge in [0.15, 0.2) is 0 Å². The van der Waals surface area contributed by atoms with Crippen LogP contribution in [-0.4, -0.2) is 53.0 Å². The lowest BCUT2D eigenvalue weighted by atomic mass is 9.97. The lowest BCUT2D eigenvalue weighted by Gasteiger charge is -2.25. The second-order valence-electron chi connectivity index (χ2n) is 6.38. The average Bonchev–Trinajstić information content (AvgIpc) is 3.13. The van der Waals surface area contributed by atoms with Gasteiger partial charge in [-0.15, -0.1) is 0 Å². The smallest absolute Gasteiger partial charge is 0.0727 e. The monoisotopic (exact) mass is 260 g/mol. The third kappa shape index (κ3) is 2.95. The molecule has 1 aliphatic carbocycles. The van der Waals surface area contributed by atoms with Crippen LogP contribution in [0.1, 0.15) is 24.2 Å². The molecule has 0 bridgehead atoms. The van der Waals surface area contributed by atoms with Crippen molar-refractivity contribution in [2.24, 2.45) is 11.8 Å². The van der Waals surface area contributed by atoms with E-state index >= 15 is 0 Å². The van der Waals surface area contributed by atoms with E-state index < -0.39 is 0 Å². The number of nitrogens with zero attached hydrogens (tertiary/aromatic N) is 4. The molecule has 1 saturated heterocycles. The highest BCUT2D eigenvalue weighted by Crippen LogP contribution is 2.42. The first kappa shape index (κ1) is 13.0. The van der Waals surface area contributed by atoms with Crippen molar-refractivity contribution in [2.75, 3.05) is 27.2 Å². The van der Waals surface area contributed by atoms with Gasteiger partial charge in [-0.25, -0.2) is 0 Å². The minimum atomic E-state index is 0.714. The highest BCUT2D eigenvalue weighted by atomic mass is 15.2. The van der Waals surface area contributed by atoms with E-state index in [1.165, 1.54) is 25.9 Å². The summed E-state index contributed by atoms with van der Waals surface area (Å²) >= 11 is 0. The summed E-state index contributed by atoms with van der Waals surface area (Å²) in [5.41, 5.74) is 2.09. The maximum atomic E-state index is 4.48. The Labute approximate surface area is 115 Å². The normalized spacial score (nSPS) is 28.2. The minimum Gasteiger partial charge on any atom is -0.305 e. The molecule has 0 amide bonds. The zero-order chi connectivity index (χ0) is 13.4. The Hall–Kier alpha value is -1.00. The second-order valence-corrected chi connectivity index (χ2v) is 6.38. The van der Waals surface area contributed by atoms with Crippen LogP contribution in [0.4, 0.5) is 0 Å². The Morgan fingerprint density at radius 3 is 2.58 bits per heavy atom. The molecule has 2 atom stereocenters. The van der Waals surface area contributed by atoms with Crippen LogP contribution in [0.2, 0.25) is 0 Å². The zero-order valence-electron chi connectivity index (χ0n) is 12.2. The van der Waals surface area contributed by atoms with Gasteiger partial charge in [0.25, 0.3) is 0 Å². The first-order valence-corrected chi connectivity index (χ1v) is 7.30. The van der Waals surface area contributed by atoms with Gasteiger partial charge in [-0.1, -0.05) is 0 Å². The van der Waals surface area contributed by atoms with E-state index in [9.17, 15) is 0 Å². The predicted molar refractivity (Wildman–Crippen MR) is 75.7 cm³/mol. The third-order valence-corrected chi connectivity index (χ3v) is 4.52. The van der Waals surface area contributed by atoms with Gasteiger partial charge in [-0.05, 0) is 45.7 Å². The summed E-state index contributed by atoms with van der Waals surface area (Å²) in [5.74, 6) is 1.83. The molecule has 0 radical (unpaired) electrons. The average molecular weight is 260 g/mol. The van der Waals surface area contributed by atoms with Crippen molar-refractivity contribution in [1.82, 2.24) is 19.8 Å². The van der Waals surface area contributed by atoms with Gasteiger partial charge in [0.05, 0.1) is 11.4 Å². The van der Waals surface area contributed by atoms with Crippen molar-refractivity contribution in [2.45, 2.75) is 32.4 Å². The van der Waals surface area contributed by atoms with Crippen LogP contribution in [0.3, 0.4) is 0 Å². The van der Waals surface area contributed by atoms with Gasteiger partial charge in [0.2, 0.25) is 0 Å². The fourth-order valence-electron chi connectivity index (χ4n) is 3.29. The van der Waals surface area contributed by atoms with Gasteiger partial charge in [-0.3, -0.25) is 14.9 Å². The highest BCUT2D eigenvalue weighted by molar-refractivity contribution is 5.03. The molecule has 4 nitrogen and oxygen atoms in total. The summed E-state index contributed by atoms with van der Waals surface area (Å²) in [6.45, 7) is 5.32. The van der Waals surface area contributed by atoms with Crippen molar-refractivity contribution in [3.8, 4) is 0 Å².